The molecule has 0 bridgehead atoms. The largest absolute Gasteiger partial charge is 0.493 e. The first-order valence-corrected chi connectivity index (χ1v) is 8.36. The molecule has 2 aromatic rings. The molecule has 24 heavy (non-hydrogen) atoms. The number of ether oxygens (including phenoxy) is 2. The monoisotopic (exact) mass is 355 g/mol. The minimum absolute atomic E-state index is 0.0434. The molecule has 1 aromatic heterocycles. The molecular weight excluding hydrogens is 338 g/mol. The lowest BCUT2D eigenvalue weighted by molar-refractivity contribution is 0.0696. The number of benzene rings is 1. The zero-order valence-corrected chi connectivity index (χ0v) is 14.1. The molecule has 0 amide bonds. The van der Waals surface area contributed by atoms with Gasteiger partial charge in [0.2, 0.25) is 0 Å². The van der Waals surface area contributed by atoms with Crippen molar-refractivity contribution in [3.63, 3.8) is 0 Å². The summed E-state index contributed by atoms with van der Waals surface area (Å²) in [6.07, 6.45) is 1.36. The van der Waals surface area contributed by atoms with Gasteiger partial charge in [-0.25, -0.2) is 4.79 Å². The molecule has 2 rings (SSSR count). The van der Waals surface area contributed by atoms with Gasteiger partial charge in [-0.15, -0.1) is 0 Å². The van der Waals surface area contributed by atoms with Crippen LogP contribution in [0.4, 0.5) is 5.69 Å². The van der Waals surface area contributed by atoms with E-state index in [2.05, 4.69) is 9.82 Å². The number of aryl methyl sites for hydroxylation is 1. The van der Waals surface area contributed by atoms with Gasteiger partial charge in [0.25, 0.3) is 10.0 Å². The summed E-state index contributed by atoms with van der Waals surface area (Å²) in [5, 5.41) is 13.0. The summed E-state index contributed by atoms with van der Waals surface area (Å²) >= 11 is 0. The van der Waals surface area contributed by atoms with Gasteiger partial charge in [-0.2, -0.15) is 13.5 Å². The number of aromatic nitrogens is 2. The molecule has 0 unspecified atom stereocenters. The third-order valence-electron chi connectivity index (χ3n) is 3.22. The first-order valence-electron chi connectivity index (χ1n) is 6.88. The van der Waals surface area contributed by atoms with E-state index >= 15 is 0 Å². The number of methoxy groups -OCH3 is 2. The minimum Gasteiger partial charge on any atom is -0.493 e. The van der Waals surface area contributed by atoms with Crippen LogP contribution in [0, 0.1) is 0 Å². The normalized spacial score (nSPS) is 11.1. The van der Waals surface area contributed by atoms with Crippen molar-refractivity contribution in [2.45, 2.75) is 18.5 Å². The summed E-state index contributed by atoms with van der Waals surface area (Å²) in [5.41, 5.74) is -0.188. The summed E-state index contributed by atoms with van der Waals surface area (Å²) in [6, 6.07) is 3.75. The number of hydrogen-bond acceptors (Lipinski definition) is 6. The number of hydrogen-bond donors (Lipinski definition) is 2. The molecule has 0 aliphatic heterocycles. The first-order chi connectivity index (χ1) is 11.3. The molecular formula is C14H17N3O6S. The Morgan fingerprint density at radius 2 is 2.04 bits per heavy atom. The van der Waals surface area contributed by atoms with E-state index < -0.39 is 16.0 Å². The second-order valence-corrected chi connectivity index (χ2v) is 6.28. The van der Waals surface area contributed by atoms with E-state index in [4.69, 9.17) is 14.6 Å². The number of nitrogens with zero attached hydrogens (tertiary/aromatic N) is 2. The van der Waals surface area contributed by atoms with Crippen LogP contribution < -0.4 is 14.2 Å². The highest BCUT2D eigenvalue weighted by molar-refractivity contribution is 7.92. The summed E-state index contributed by atoms with van der Waals surface area (Å²) in [6.45, 7) is 2.11. The third kappa shape index (κ3) is 3.27. The van der Waals surface area contributed by atoms with Crippen LogP contribution in [0.2, 0.25) is 0 Å². The van der Waals surface area contributed by atoms with Gasteiger partial charge in [-0.05, 0) is 25.1 Å². The predicted molar refractivity (Wildman–Crippen MR) is 85.2 cm³/mol. The summed E-state index contributed by atoms with van der Waals surface area (Å²) in [7, 11) is -1.34. The summed E-state index contributed by atoms with van der Waals surface area (Å²) in [5.74, 6) is -1.05. The quantitative estimate of drug-likeness (QED) is 0.770. The van der Waals surface area contributed by atoms with E-state index in [1.807, 2.05) is 0 Å². The predicted octanol–water partition coefficient (Wildman–Crippen LogP) is 1.42. The highest BCUT2D eigenvalue weighted by atomic mass is 32.2. The SMILES string of the molecule is CCn1nccc1S(=O)(=O)Nc1cc(C(=O)O)cc(OC)c1OC. The Hall–Kier alpha value is -2.75. The van der Waals surface area contributed by atoms with Gasteiger partial charge < -0.3 is 14.6 Å². The number of carboxylic acids is 1. The number of carbonyl (C=O) groups is 1. The third-order valence-corrected chi connectivity index (χ3v) is 4.61. The lowest BCUT2D eigenvalue weighted by atomic mass is 10.1. The van der Waals surface area contributed by atoms with Crippen LogP contribution in [0.25, 0.3) is 0 Å². The fourth-order valence-corrected chi connectivity index (χ4v) is 3.39. The average molecular weight is 355 g/mol. The van der Waals surface area contributed by atoms with Crippen molar-refractivity contribution < 1.29 is 27.8 Å². The molecule has 0 saturated heterocycles. The van der Waals surface area contributed by atoms with E-state index in [1.54, 1.807) is 6.92 Å². The van der Waals surface area contributed by atoms with Crippen molar-refractivity contribution >= 4 is 21.7 Å². The topological polar surface area (TPSA) is 120 Å². The maximum atomic E-state index is 12.6. The van der Waals surface area contributed by atoms with Crippen LogP contribution in [-0.4, -0.2) is 43.5 Å². The second-order valence-electron chi connectivity index (χ2n) is 4.66. The van der Waals surface area contributed by atoms with Crippen molar-refractivity contribution in [1.82, 2.24) is 9.78 Å². The van der Waals surface area contributed by atoms with Gasteiger partial charge in [0.05, 0.1) is 31.7 Å². The standard InChI is InChI=1S/C14H17N3O6S/c1-4-17-12(5-6-15-17)24(20,21)16-10-7-9(14(18)19)8-11(22-2)13(10)23-3/h5-8,16H,4H2,1-3H3,(H,18,19). The number of nitrogens with one attached hydrogen (secondary N) is 1. The molecule has 1 aromatic carbocycles. The molecule has 9 nitrogen and oxygen atoms in total. The van der Waals surface area contributed by atoms with Gasteiger partial charge in [0, 0.05) is 6.54 Å². The fraction of sp³-hybridized carbons (Fsp3) is 0.286. The first kappa shape index (κ1) is 17.6. The number of carboxylic acid groups (broad SMARTS) is 1. The Morgan fingerprint density at radius 1 is 1.33 bits per heavy atom. The van der Waals surface area contributed by atoms with E-state index in [1.165, 1.54) is 37.2 Å². The Labute approximate surface area is 138 Å². The lowest BCUT2D eigenvalue weighted by Gasteiger charge is -2.16. The van der Waals surface area contributed by atoms with Crippen molar-refractivity contribution in [3.8, 4) is 11.5 Å². The summed E-state index contributed by atoms with van der Waals surface area (Å²) in [4.78, 5) is 11.2. The highest BCUT2D eigenvalue weighted by Gasteiger charge is 2.23. The smallest absolute Gasteiger partial charge is 0.335 e. The van der Waals surface area contributed by atoms with Crippen LogP contribution in [0.15, 0.2) is 29.4 Å². The maximum Gasteiger partial charge on any atom is 0.335 e. The molecule has 0 aliphatic carbocycles. The zero-order valence-electron chi connectivity index (χ0n) is 13.3. The van der Waals surface area contributed by atoms with Crippen molar-refractivity contribution in [1.29, 1.82) is 0 Å². The lowest BCUT2D eigenvalue weighted by Crippen LogP contribution is -2.18. The van der Waals surface area contributed by atoms with E-state index in [0.29, 0.717) is 6.54 Å². The molecule has 10 heteroatoms. The molecule has 2 N–H and O–H groups in total. The van der Waals surface area contributed by atoms with Crippen molar-refractivity contribution in [2.24, 2.45) is 0 Å². The second kappa shape index (κ2) is 6.79. The molecule has 1 heterocycles. The number of aromatic carboxylic acids is 1. The van der Waals surface area contributed by atoms with Crippen LogP contribution in [0.5, 0.6) is 11.5 Å². The highest BCUT2D eigenvalue weighted by Crippen LogP contribution is 2.37. The maximum absolute atomic E-state index is 12.6. The van der Waals surface area contributed by atoms with E-state index in [9.17, 15) is 13.2 Å². The Bertz CT molecular complexity index is 859. The van der Waals surface area contributed by atoms with Gasteiger partial charge in [-0.1, -0.05) is 0 Å². The molecule has 130 valence electrons. The van der Waals surface area contributed by atoms with Gasteiger partial charge in [-0.3, -0.25) is 9.40 Å². The number of rotatable bonds is 7. The Kier molecular flexibility index (Phi) is 4.98. The molecule has 0 radical (unpaired) electrons. The van der Waals surface area contributed by atoms with Crippen LogP contribution >= 0.6 is 0 Å². The number of sulfonamides is 1. The Morgan fingerprint density at radius 3 is 2.58 bits per heavy atom. The number of anilines is 1. The van der Waals surface area contributed by atoms with Crippen LogP contribution in [-0.2, 0) is 16.6 Å². The van der Waals surface area contributed by atoms with Crippen molar-refractivity contribution in [3.05, 3.63) is 30.0 Å². The average Bonchev–Trinajstić information content (AvgIpc) is 3.03. The molecule has 0 aliphatic rings. The van der Waals surface area contributed by atoms with E-state index in [-0.39, 0.29) is 27.8 Å². The fourth-order valence-electron chi connectivity index (χ4n) is 2.15. The van der Waals surface area contributed by atoms with Gasteiger partial charge >= 0.3 is 5.97 Å². The van der Waals surface area contributed by atoms with Crippen LogP contribution in [0.1, 0.15) is 17.3 Å². The van der Waals surface area contributed by atoms with Crippen molar-refractivity contribution in [2.75, 3.05) is 18.9 Å². The van der Waals surface area contributed by atoms with Crippen LogP contribution in [0.3, 0.4) is 0 Å². The van der Waals surface area contributed by atoms with Gasteiger partial charge in [0.15, 0.2) is 16.5 Å². The minimum atomic E-state index is -3.99. The molecule has 0 atom stereocenters. The molecule has 0 saturated carbocycles. The van der Waals surface area contributed by atoms with E-state index in [0.717, 1.165) is 6.07 Å². The summed E-state index contributed by atoms with van der Waals surface area (Å²) < 4.78 is 39.0. The molecule has 0 spiro atoms. The van der Waals surface area contributed by atoms with Gasteiger partial charge in [0.1, 0.15) is 0 Å². The Balaban J connectivity index is 2.55. The molecule has 0 fully saturated rings. The zero-order chi connectivity index (χ0) is 17.9.